The van der Waals surface area contributed by atoms with Gasteiger partial charge in [-0.25, -0.2) is 9.78 Å². The van der Waals surface area contributed by atoms with E-state index in [1.807, 2.05) is 0 Å². The number of halogens is 1. The Morgan fingerprint density at radius 3 is 3.00 bits per heavy atom. The Bertz CT molecular complexity index is 300. The fraction of sp³-hybridized carbons (Fsp3) is 0.333. The SMILES string of the molecule is COC(=O)c1nc(Br)sc1CN. The van der Waals surface area contributed by atoms with Crippen molar-refractivity contribution in [3.63, 3.8) is 0 Å². The minimum Gasteiger partial charge on any atom is -0.464 e. The number of aromatic nitrogens is 1. The Balaban J connectivity index is 3.04. The van der Waals surface area contributed by atoms with Crippen molar-refractivity contribution in [3.8, 4) is 0 Å². The predicted octanol–water partition coefficient (Wildman–Crippen LogP) is 1.15. The van der Waals surface area contributed by atoms with Crippen LogP contribution in [0.2, 0.25) is 0 Å². The van der Waals surface area contributed by atoms with Gasteiger partial charge in [-0.15, -0.1) is 11.3 Å². The molecular weight excluding hydrogens is 244 g/mol. The number of methoxy groups -OCH3 is 1. The van der Waals surface area contributed by atoms with Crippen molar-refractivity contribution >= 4 is 33.2 Å². The second-order valence-electron chi connectivity index (χ2n) is 1.93. The Morgan fingerprint density at radius 1 is 1.83 bits per heavy atom. The molecule has 0 aliphatic rings. The molecule has 1 rings (SSSR count). The van der Waals surface area contributed by atoms with Crippen LogP contribution in [-0.4, -0.2) is 18.1 Å². The summed E-state index contributed by atoms with van der Waals surface area (Å²) in [4.78, 5) is 15.7. The molecule has 0 atom stereocenters. The van der Waals surface area contributed by atoms with E-state index in [0.29, 0.717) is 16.2 Å². The lowest BCUT2D eigenvalue weighted by atomic mass is 10.4. The van der Waals surface area contributed by atoms with Gasteiger partial charge in [0.15, 0.2) is 9.61 Å². The number of hydrogen-bond acceptors (Lipinski definition) is 5. The second-order valence-corrected chi connectivity index (χ2v) is 4.29. The summed E-state index contributed by atoms with van der Waals surface area (Å²) in [5.74, 6) is -0.447. The van der Waals surface area contributed by atoms with Gasteiger partial charge in [0.2, 0.25) is 0 Å². The fourth-order valence-electron chi connectivity index (χ4n) is 0.718. The molecule has 1 heterocycles. The number of hydrogen-bond donors (Lipinski definition) is 1. The van der Waals surface area contributed by atoms with Crippen molar-refractivity contribution in [2.75, 3.05) is 7.11 Å². The maximum Gasteiger partial charge on any atom is 0.357 e. The highest BCUT2D eigenvalue weighted by Gasteiger charge is 2.16. The quantitative estimate of drug-likeness (QED) is 0.801. The zero-order valence-electron chi connectivity index (χ0n) is 6.33. The van der Waals surface area contributed by atoms with Crippen LogP contribution in [0.15, 0.2) is 3.92 Å². The molecule has 0 amide bonds. The smallest absolute Gasteiger partial charge is 0.357 e. The highest BCUT2D eigenvalue weighted by Crippen LogP contribution is 2.23. The zero-order valence-corrected chi connectivity index (χ0v) is 8.74. The van der Waals surface area contributed by atoms with Crippen molar-refractivity contribution in [2.45, 2.75) is 6.54 Å². The minimum absolute atomic E-state index is 0.299. The summed E-state index contributed by atoms with van der Waals surface area (Å²) in [7, 11) is 1.32. The van der Waals surface area contributed by atoms with Crippen molar-refractivity contribution < 1.29 is 9.53 Å². The van der Waals surface area contributed by atoms with Crippen molar-refractivity contribution in [1.82, 2.24) is 4.98 Å². The minimum atomic E-state index is -0.447. The molecule has 0 radical (unpaired) electrons. The molecule has 0 saturated heterocycles. The Hall–Kier alpha value is -0.460. The molecule has 0 bridgehead atoms. The highest BCUT2D eigenvalue weighted by molar-refractivity contribution is 9.11. The van der Waals surface area contributed by atoms with E-state index in [9.17, 15) is 4.79 Å². The third kappa shape index (κ3) is 1.82. The first kappa shape index (κ1) is 9.63. The van der Waals surface area contributed by atoms with E-state index in [2.05, 4.69) is 25.7 Å². The van der Waals surface area contributed by atoms with E-state index < -0.39 is 5.97 Å². The maximum absolute atomic E-state index is 11.1. The molecule has 12 heavy (non-hydrogen) atoms. The van der Waals surface area contributed by atoms with Crippen molar-refractivity contribution in [2.24, 2.45) is 5.73 Å². The summed E-state index contributed by atoms with van der Waals surface area (Å²) in [6.45, 7) is 0.299. The van der Waals surface area contributed by atoms with E-state index >= 15 is 0 Å². The van der Waals surface area contributed by atoms with E-state index in [0.717, 1.165) is 4.88 Å². The molecule has 6 heteroatoms. The van der Waals surface area contributed by atoms with Crippen LogP contribution in [0.1, 0.15) is 15.4 Å². The van der Waals surface area contributed by atoms with Gasteiger partial charge in [0.1, 0.15) is 0 Å². The monoisotopic (exact) mass is 250 g/mol. The van der Waals surface area contributed by atoms with Gasteiger partial charge in [-0.1, -0.05) is 0 Å². The number of ether oxygens (including phenoxy) is 1. The van der Waals surface area contributed by atoms with Crippen LogP contribution in [0, 0.1) is 0 Å². The second kappa shape index (κ2) is 3.97. The van der Waals surface area contributed by atoms with Crippen LogP contribution in [0.25, 0.3) is 0 Å². The molecule has 0 spiro atoms. The first-order chi connectivity index (χ1) is 5.69. The molecule has 0 saturated carbocycles. The van der Waals surface area contributed by atoms with Crippen LogP contribution in [0.5, 0.6) is 0 Å². The molecule has 1 aromatic heterocycles. The van der Waals surface area contributed by atoms with Gasteiger partial charge < -0.3 is 10.5 Å². The third-order valence-corrected chi connectivity index (χ3v) is 2.76. The van der Waals surface area contributed by atoms with Crippen LogP contribution in [0.4, 0.5) is 0 Å². The summed E-state index contributed by atoms with van der Waals surface area (Å²) < 4.78 is 5.16. The maximum atomic E-state index is 11.1. The Morgan fingerprint density at radius 2 is 2.50 bits per heavy atom. The first-order valence-electron chi connectivity index (χ1n) is 3.12. The van der Waals surface area contributed by atoms with E-state index in [-0.39, 0.29) is 0 Å². The molecule has 0 aliphatic heterocycles. The van der Waals surface area contributed by atoms with Gasteiger partial charge in [-0.05, 0) is 15.9 Å². The van der Waals surface area contributed by atoms with E-state index in [1.54, 1.807) is 0 Å². The lowest BCUT2D eigenvalue weighted by Gasteiger charge is -1.95. The topological polar surface area (TPSA) is 65.2 Å². The summed E-state index contributed by atoms with van der Waals surface area (Å²) in [6.07, 6.45) is 0. The number of nitrogens with zero attached hydrogens (tertiary/aromatic N) is 1. The van der Waals surface area contributed by atoms with Crippen LogP contribution < -0.4 is 5.73 Å². The number of carbonyl (C=O) groups is 1. The molecule has 0 aliphatic carbocycles. The van der Waals surface area contributed by atoms with E-state index in [4.69, 9.17) is 5.73 Å². The van der Waals surface area contributed by atoms with Gasteiger partial charge in [-0.2, -0.15) is 0 Å². The Kier molecular flexibility index (Phi) is 3.19. The van der Waals surface area contributed by atoms with Crippen molar-refractivity contribution in [1.29, 1.82) is 0 Å². The molecule has 0 unspecified atom stereocenters. The van der Waals surface area contributed by atoms with E-state index in [1.165, 1.54) is 18.4 Å². The summed E-state index contributed by atoms with van der Waals surface area (Å²) in [5, 5.41) is 0. The number of esters is 1. The molecule has 1 aromatic rings. The summed E-state index contributed by atoms with van der Waals surface area (Å²) in [6, 6.07) is 0. The number of rotatable bonds is 2. The average Bonchev–Trinajstić information content (AvgIpc) is 2.45. The summed E-state index contributed by atoms with van der Waals surface area (Å²) >= 11 is 4.50. The molecule has 66 valence electrons. The zero-order chi connectivity index (χ0) is 9.14. The summed E-state index contributed by atoms with van der Waals surface area (Å²) in [5.41, 5.74) is 5.70. The fourth-order valence-corrected chi connectivity index (χ4v) is 2.13. The Labute approximate surface area is 81.9 Å². The lowest BCUT2D eigenvalue weighted by Crippen LogP contribution is -2.07. The molecule has 2 N–H and O–H groups in total. The lowest BCUT2D eigenvalue weighted by molar-refractivity contribution is 0.0593. The molecule has 0 aromatic carbocycles. The largest absolute Gasteiger partial charge is 0.464 e. The molecular formula is C6H7BrN2O2S. The van der Waals surface area contributed by atoms with Crippen molar-refractivity contribution in [3.05, 3.63) is 14.5 Å². The highest BCUT2D eigenvalue weighted by atomic mass is 79.9. The van der Waals surface area contributed by atoms with Gasteiger partial charge in [0.05, 0.1) is 12.0 Å². The molecule has 4 nitrogen and oxygen atoms in total. The van der Waals surface area contributed by atoms with Gasteiger partial charge in [-0.3, -0.25) is 0 Å². The number of nitrogens with two attached hydrogens (primary N) is 1. The van der Waals surface area contributed by atoms with Gasteiger partial charge >= 0.3 is 5.97 Å². The molecule has 0 fully saturated rings. The van der Waals surface area contributed by atoms with Crippen LogP contribution in [-0.2, 0) is 11.3 Å². The third-order valence-electron chi connectivity index (χ3n) is 1.24. The van der Waals surface area contributed by atoms with Gasteiger partial charge in [0, 0.05) is 6.54 Å². The number of carbonyl (C=O) groups excluding carboxylic acids is 1. The number of thiazole rings is 1. The van der Waals surface area contributed by atoms with Crippen LogP contribution in [0.3, 0.4) is 0 Å². The average molecular weight is 251 g/mol. The first-order valence-corrected chi connectivity index (χ1v) is 4.73. The normalized spacial score (nSPS) is 9.92. The van der Waals surface area contributed by atoms with Gasteiger partial charge in [0.25, 0.3) is 0 Å². The standard InChI is InChI=1S/C6H7BrN2O2S/c1-11-5(10)4-3(2-8)12-6(7)9-4/h2,8H2,1H3. The predicted molar refractivity (Wildman–Crippen MR) is 49.0 cm³/mol. The van der Waals surface area contributed by atoms with Crippen LogP contribution >= 0.6 is 27.3 Å².